The van der Waals surface area contributed by atoms with Crippen molar-refractivity contribution < 1.29 is 9.59 Å². The van der Waals surface area contributed by atoms with E-state index < -0.39 is 12.1 Å². The predicted octanol–water partition coefficient (Wildman–Crippen LogP) is 2.60. The smallest absolute Gasteiger partial charge is 0.312 e. The number of rotatable bonds is 6. The third-order valence-electron chi connectivity index (χ3n) is 6.72. The zero-order valence-electron chi connectivity index (χ0n) is 15.2. The van der Waals surface area contributed by atoms with E-state index in [9.17, 15) is 9.59 Å². The van der Waals surface area contributed by atoms with Gasteiger partial charge in [-0.3, -0.25) is 4.79 Å². The maximum absolute atomic E-state index is 12.8. The van der Waals surface area contributed by atoms with Crippen molar-refractivity contribution in [1.82, 2.24) is 10.6 Å². The third-order valence-corrected chi connectivity index (χ3v) is 6.72. The normalized spacial score (nSPS) is 32.8. The maximum Gasteiger partial charge on any atom is 0.312 e. The first-order valence-corrected chi connectivity index (χ1v) is 9.89. The summed E-state index contributed by atoms with van der Waals surface area (Å²) in [6.45, 7) is 0.737. The topological polar surface area (TPSA) is 84.2 Å². The molecule has 0 radical (unpaired) electrons. The van der Waals surface area contributed by atoms with Crippen molar-refractivity contribution in [2.75, 3.05) is 6.54 Å². The second-order valence-corrected chi connectivity index (χ2v) is 8.89. The lowest BCUT2D eigenvalue weighted by Crippen LogP contribution is -2.55. The van der Waals surface area contributed by atoms with Gasteiger partial charge in [-0.15, -0.1) is 0 Å². The Morgan fingerprint density at radius 1 is 1.04 bits per heavy atom. The van der Waals surface area contributed by atoms with E-state index in [2.05, 4.69) is 10.6 Å². The fourth-order valence-electron chi connectivity index (χ4n) is 6.14. The van der Waals surface area contributed by atoms with E-state index in [0.717, 1.165) is 29.9 Å². The van der Waals surface area contributed by atoms with Crippen molar-refractivity contribution in [3.8, 4) is 0 Å². The Balaban J connectivity index is 1.39. The van der Waals surface area contributed by atoms with Gasteiger partial charge in [0.05, 0.1) is 0 Å². The summed E-state index contributed by atoms with van der Waals surface area (Å²) in [5.74, 6) is 2.47. The lowest BCUT2D eigenvalue weighted by Gasteiger charge is -2.57. The van der Waals surface area contributed by atoms with Crippen LogP contribution in [0.5, 0.6) is 0 Å². The highest BCUT2D eigenvalue weighted by Gasteiger charge is 2.50. The number of nitrogens with one attached hydrogen (secondary N) is 2. The van der Waals surface area contributed by atoms with Gasteiger partial charge in [-0.05, 0) is 67.3 Å². The molecule has 4 saturated carbocycles. The van der Waals surface area contributed by atoms with Crippen LogP contribution in [0.25, 0.3) is 0 Å². The summed E-state index contributed by atoms with van der Waals surface area (Å²) in [7, 11) is 0. The summed E-state index contributed by atoms with van der Waals surface area (Å²) >= 11 is 0. The molecule has 5 heteroatoms. The molecular weight excluding hydrogens is 326 g/mol. The van der Waals surface area contributed by atoms with Gasteiger partial charge < -0.3 is 16.4 Å². The Bertz CT molecular complexity index is 638. The summed E-state index contributed by atoms with van der Waals surface area (Å²) in [5, 5.41) is 5.77. The molecule has 4 N–H and O–H groups in total. The zero-order chi connectivity index (χ0) is 18.1. The lowest BCUT2D eigenvalue weighted by molar-refractivity contribution is -0.125. The molecule has 4 aliphatic rings. The average Bonchev–Trinajstić information content (AvgIpc) is 2.58. The standard InChI is InChI=1S/C21H29N3O2/c22-20(26)24-18(9-14-4-2-1-3-5-14)19(25)23-13-21-10-15-6-16(11-21)8-17(7-15)12-21/h1-5,15-18H,6-13H2,(H,23,25)(H3,22,24,26)/t15?,16?,17?,18-,21?/m0/s1. The fourth-order valence-corrected chi connectivity index (χ4v) is 6.14. The van der Waals surface area contributed by atoms with Crippen LogP contribution in [0.1, 0.15) is 44.1 Å². The van der Waals surface area contributed by atoms with Crippen LogP contribution in [0.3, 0.4) is 0 Å². The van der Waals surface area contributed by atoms with Gasteiger partial charge >= 0.3 is 6.03 Å². The van der Waals surface area contributed by atoms with Crippen LogP contribution >= 0.6 is 0 Å². The number of carbonyl (C=O) groups is 2. The van der Waals surface area contributed by atoms with Crippen molar-refractivity contribution in [1.29, 1.82) is 0 Å². The SMILES string of the molecule is NC(=O)N[C@@H](Cc1ccccc1)C(=O)NCC12CC3CC(CC(C3)C1)C2. The number of urea groups is 1. The van der Waals surface area contributed by atoms with E-state index in [4.69, 9.17) is 5.73 Å². The minimum absolute atomic E-state index is 0.122. The van der Waals surface area contributed by atoms with Crippen LogP contribution in [0, 0.1) is 23.2 Å². The van der Waals surface area contributed by atoms with E-state index in [1.807, 2.05) is 30.3 Å². The molecule has 4 bridgehead atoms. The Hall–Kier alpha value is -2.04. The molecule has 5 nitrogen and oxygen atoms in total. The molecule has 140 valence electrons. The Kier molecular flexibility index (Phi) is 4.63. The van der Waals surface area contributed by atoms with Crippen molar-refractivity contribution in [3.05, 3.63) is 35.9 Å². The van der Waals surface area contributed by atoms with Gasteiger partial charge in [-0.2, -0.15) is 0 Å². The molecule has 5 rings (SSSR count). The molecular formula is C21H29N3O2. The van der Waals surface area contributed by atoms with Crippen LogP contribution in [0.4, 0.5) is 4.79 Å². The molecule has 0 saturated heterocycles. The number of carbonyl (C=O) groups excluding carboxylic acids is 2. The molecule has 1 atom stereocenters. The predicted molar refractivity (Wildman–Crippen MR) is 100 cm³/mol. The van der Waals surface area contributed by atoms with Gasteiger partial charge in [0.1, 0.15) is 6.04 Å². The first-order valence-electron chi connectivity index (χ1n) is 9.89. The van der Waals surface area contributed by atoms with E-state index in [0.29, 0.717) is 6.42 Å². The number of hydrogen-bond acceptors (Lipinski definition) is 2. The highest BCUT2D eigenvalue weighted by atomic mass is 16.2. The highest BCUT2D eigenvalue weighted by molar-refractivity contribution is 5.86. The second-order valence-electron chi connectivity index (χ2n) is 8.89. The van der Waals surface area contributed by atoms with Crippen molar-refractivity contribution in [3.63, 3.8) is 0 Å². The molecule has 0 spiro atoms. The highest BCUT2D eigenvalue weighted by Crippen LogP contribution is 2.59. The van der Waals surface area contributed by atoms with Crippen molar-refractivity contribution >= 4 is 11.9 Å². The van der Waals surface area contributed by atoms with Gasteiger partial charge in [0, 0.05) is 13.0 Å². The molecule has 1 aromatic rings. The van der Waals surface area contributed by atoms with E-state index >= 15 is 0 Å². The summed E-state index contributed by atoms with van der Waals surface area (Å²) in [4.78, 5) is 24.2. The van der Waals surface area contributed by atoms with Gasteiger partial charge in [-0.25, -0.2) is 4.79 Å². The van der Waals surface area contributed by atoms with Gasteiger partial charge in [0.25, 0.3) is 0 Å². The van der Waals surface area contributed by atoms with Crippen LogP contribution in [-0.2, 0) is 11.2 Å². The Labute approximate surface area is 155 Å². The number of nitrogens with two attached hydrogens (primary N) is 1. The Morgan fingerprint density at radius 2 is 1.62 bits per heavy atom. The first kappa shape index (κ1) is 17.4. The van der Waals surface area contributed by atoms with Gasteiger partial charge in [0.2, 0.25) is 5.91 Å². The van der Waals surface area contributed by atoms with E-state index in [-0.39, 0.29) is 11.3 Å². The molecule has 3 amide bonds. The summed E-state index contributed by atoms with van der Waals surface area (Å²) in [5.41, 5.74) is 6.59. The minimum atomic E-state index is -0.657. The quantitative estimate of drug-likeness (QED) is 0.733. The summed E-state index contributed by atoms with van der Waals surface area (Å²) in [6.07, 6.45) is 8.41. The van der Waals surface area contributed by atoms with E-state index in [1.54, 1.807) is 0 Å². The second kappa shape index (κ2) is 6.93. The largest absolute Gasteiger partial charge is 0.354 e. The number of hydrogen-bond donors (Lipinski definition) is 3. The first-order chi connectivity index (χ1) is 12.5. The van der Waals surface area contributed by atoms with E-state index in [1.165, 1.54) is 38.5 Å². The summed E-state index contributed by atoms with van der Waals surface area (Å²) in [6, 6.07) is 8.45. The number of primary amides is 1. The van der Waals surface area contributed by atoms with Crippen LogP contribution in [0.2, 0.25) is 0 Å². The third kappa shape index (κ3) is 3.71. The maximum atomic E-state index is 12.8. The average molecular weight is 355 g/mol. The minimum Gasteiger partial charge on any atom is -0.354 e. The molecule has 0 unspecified atom stereocenters. The molecule has 0 heterocycles. The molecule has 4 fully saturated rings. The fraction of sp³-hybridized carbons (Fsp3) is 0.619. The Morgan fingerprint density at radius 3 is 2.15 bits per heavy atom. The molecule has 4 aliphatic carbocycles. The molecule has 26 heavy (non-hydrogen) atoms. The summed E-state index contributed by atoms with van der Waals surface area (Å²) < 4.78 is 0. The van der Waals surface area contributed by atoms with Crippen LogP contribution in [0.15, 0.2) is 30.3 Å². The van der Waals surface area contributed by atoms with Gasteiger partial charge in [-0.1, -0.05) is 30.3 Å². The van der Waals surface area contributed by atoms with Crippen LogP contribution < -0.4 is 16.4 Å². The number of benzene rings is 1. The number of amides is 3. The zero-order valence-corrected chi connectivity index (χ0v) is 15.2. The molecule has 1 aromatic carbocycles. The lowest BCUT2D eigenvalue weighted by atomic mass is 9.49. The molecule has 0 aliphatic heterocycles. The van der Waals surface area contributed by atoms with Crippen molar-refractivity contribution in [2.45, 2.75) is 51.0 Å². The van der Waals surface area contributed by atoms with Gasteiger partial charge in [0.15, 0.2) is 0 Å². The monoisotopic (exact) mass is 355 g/mol. The van der Waals surface area contributed by atoms with Crippen molar-refractivity contribution in [2.24, 2.45) is 28.9 Å². The molecule has 0 aromatic heterocycles. The van der Waals surface area contributed by atoms with Crippen LogP contribution in [-0.4, -0.2) is 24.5 Å².